The fourth-order valence-corrected chi connectivity index (χ4v) is 5.16. The summed E-state index contributed by atoms with van der Waals surface area (Å²) in [7, 11) is 0. The summed E-state index contributed by atoms with van der Waals surface area (Å²) in [5, 5.41) is 5.66. The van der Waals surface area contributed by atoms with Gasteiger partial charge >= 0.3 is 0 Å². The molecule has 7 heteroatoms. The number of amides is 2. The van der Waals surface area contributed by atoms with Crippen molar-refractivity contribution < 1.29 is 14.3 Å². The molecule has 2 atom stereocenters. The van der Waals surface area contributed by atoms with Gasteiger partial charge in [0.2, 0.25) is 5.91 Å². The molecule has 2 amide bonds. The van der Waals surface area contributed by atoms with E-state index in [0.717, 1.165) is 32.8 Å². The second-order valence-electron chi connectivity index (χ2n) is 9.52. The van der Waals surface area contributed by atoms with E-state index >= 15 is 0 Å². The van der Waals surface area contributed by atoms with Crippen molar-refractivity contribution in [1.29, 1.82) is 0 Å². The fourth-order valence-electron chi connectivity index (χ4n) is 4.35. The summed E-state index contributed by atoms with van der Waals surface area (Å²) >= 11 is 10.1. The van der Waals surface area contributed by atoms with Gasteiger partial charge in [-0.2, -0.15) is 0 Å². The minimum absolute atomic E-state index is 0.0298. The summed E-state index contributed by atoms with van der Waals surface area (Å²) in [4.78, 5) is 29.1. The van der Waals surface area contributed by atoms with Crippen molar-refractivity contribution in [2.45, 2.75) is 45.3 Å². The van der Waals surface area contributed by atoms with Crippen LogP contribution in [0.3, 0.4) is 0 Å². The third-order valence-corrected chi connectivity index (χ3v) is 7.94. The normalized spacial score (nSPS) is 12.5. The topological polar surface area (TPSA) is 58.6 Å². The summed E-state index contributed by atoms with van der Waals surface area (Å²) in [6.45, 7) is 3.91. The second kappa shape index (κ2) is 13.6. The standard InChI is InChI=1S/C32H32BrClN2O3/c1-3-22(2)35-32(38)28(19-23-11-5-4-6-12-23)36(20-25-14-8-10-16-27(25)34)30(37)21-39-29-18-17-24-13-7-9-15-26(24)31(29)33/h4-18,22,28H,3,19-21H2,1-2H3,(H,35,38)/t22-,28+/m1/s1. The number of hydrogen-bond donors (Lipinski definition) is 1. The van der Waals surface area contributed by atoms with E-state index in [9.17, 15) is 9.59 Å². The van der Waals surface area contributed by atoms with Crippen LogP contribution in [0, 0.1) is 0 Å². The van der Waals surface area contributed by atoms with E-state index in [0.29, 0.717) is 17.2 Å². The molecule has 39 heavy (non-hydrogen) atoms. The van der Waals surface area contributed by atoms with Gasteiger partial charge in [0.05, 0.1) is 4.47 Å². The van der Waals surface area contributed by atoms with E-state index in [1.807, 2.05) is 98.8 Å². The van der Waals surface area contributed by atoms with Gasteiger partial charge in [0, 0.05) is 24.0 Å². The van der Waals surface area contributed by atoms with E-state index in [4.69, 9.17) is 16.3 Å². The third-order valence-electron chi connectivity index (χ3n) is 6.75. The molecule has 202 valence electrons. The quantitative estimate of drug-likeness (QED) is 0.196. The lowest BCUT2D eigenvalue weighted by molar-refractivity contribution is -0.143. The minimum Gasteiger partial charge on any atom is -0.483 e. The van der Waals surface area contributed by atoms with Crippen molar-refractivity contribution in [2.75, 3.05) is 6.61 Å². The van der Waals surface area contributed by atoms with Crippen LogP contribution in [-0.4, -0.2) is 35.4 Å². The van der Waals surface area contributed by atoms with Gasteiger partial charge in [-0.1, -0.05) is 97.4 Å². The van der Waals surface area contributed by atoms with Crippen molar-refractivity contribution in [3.05, 3.63) is 112 Å². The Morgan fingerprint density at radius 2 is 1.64 bits per heavy atom. The molecule has 4 rings (SSSR count). The second-order valence-corrected chi connectivity index (χ2v) is 10.7. The Labute approximate surface area is 243 Å². The maximum absolute atomic E-state index is 13.9. The number of nitrogens with zero attached hydrogens (tertiary/aromatic N) is 1. The van der Waals surface area contributed by atoms with Gasteiger partial charge < -0.3 is 15.0 Å². The largest absolute Gasteiger partial charge is 0.483 e. The van der Waals surface area contributed by atoms with Crippen LogP contribution in [0.2, 0.25) is 5.02 Å². The first kappa shape index (κ1) is 28.7. The van der Waals surface area contributed by atoms with Crippen molar-refractivity contribution in [1.82, 2.24) is 10.2 Å². The minimum atomic E-state index is -0.756. The number of halogens is 2. The lowest BCUT2D eigenvalue weighted by Gasteiger charge is -2.32. The highest BCUT2D eigenvalue weighted by molar-refractivity contribution is 9.10. The van der Waals surface area contributed by atoms with E-state index in [1.54, 1.807) is 11.0 Å². The maximum atomic E-state index is 13.9. The van der Waals surface area contributed by atoms with E-state index < -0.39 is 6.04 Å². The molecule has 1 N–H and O–H groups in total. The Balaban J connectivity index is 1.65. The van der Waals surface area contributed by atoms with Gasteiger partial charge in [-0.3, -0.25) is 9.59 Å². The van der Waals surface area contributed by atoms with Crippen molar-refractivity contribution in [3.8, 4) is 5.75 Å². The predicted molar refractivity (Wildman–Crippen MR) is 161 cm³/mol. The zero-order chi connectivity index (χ0) is 27.8. The molecule has 0 aliphatic carbocycles. The van der Waals surface area contributed by atoms with Gasteiger partial charge in [0.15, 0.2) is 6.61 Å². The molecule has 0 saturated heterocycles. The molecular weight excluding hydrogens is 576 g/mol. The van der Waals surface area contributed by atoms with Gasteiger partial charge in [-0.15, -0.1) is 0 Å². The van der Waals surface area contributed by atoms with Crippen LogP contribution in [0.25, 0.3) is 10.8 Å². The zero-order valence-electron chi connectivity index (χ0n) is 22.1. The molecule has 0 aromatic heterocycles. The molecule has 0 heterocycles. The lowest BCUT2D eigenvalue weighted by atomic mass is 10.0. The van der Waals surface area contributed by atoms with Crippen LogP contribution in [0.4, 0.5) is 0 Å². The summed E-state index contributed by atoms with van der Waals surface area (Å²) < 4.78 is 6.81. The zero-order valence-corrected chi connectivity index (χ0v) is 24.4. The van der Waals surface area contributed by atoms with Crippen molar-refractivity contribution in [3.63, 3.8) is 0 Å². The fraction of sp³-hybridized carbons (Fsp3) is 0.250. The van der Waals surface area contributed by atoms with Gasteiger partial charge in [0.25, 0.3) is 5.91 Å². The van der Waals surface area contributed by atoms with Crippen LogP contribution in [0.1, 0.15) is 31.4 Å². The third kappa shape index (κ3) is 7.40. The Morgan fingerprint density at radius 3 is 2.38 bits per heavy atom. The smallest absolute Gasteiger partial charge is 0.261 e. The number of rotatable bonds is 11. The molecule has 4 aromatic rings. The Bertz CT molecular complexity index is 1430. The number of ether oxygens (including phenoxy) is 1. The number of fused-ring (bicyclic) bond motifs is 1. The summed E-state index contributed by atoms with van der Waals surface area (Å²) in [5.41, 5.74) is 1.71. The van der Waals surface area contributed by atoms with E-state index in [-0.39, 0.29) is 31.0 Å². The van der Waals surface area contributed by atoms with Crippen molar-refractivity contribution >= 4 is 50.1 Å². The molecule has 0 fully saturated rings. The maximum Gasteiger partial charge on any atom is 0.261 e. The highest BCUT2D eigenvalue weighted by Crippen LogP contribution is 2.33. The average Bonchev–Trinajstić information content (AvgIpc) is 2.95. The van der Waals surface area contributed by atoms with E-state index in [1.165, 1.54) is 0 Å². The molecular formula is C32H32BrClN2O3. The molecule has 0 bridgehead atoms. The molecule has 0 radical (unpaired) electrons. The van der Waals surface area contributed by atoms with E-state index in [2.05, 4.69) is 21.2 Å². The number of carbonyl (C=O) groups excluding carboxylic acids is 2. The molecule has 4 aromatic carbocycles. The molecule has 0 aliphatic rings. The molecule has 0 spiro atoms. The number of benzene rings is 4. The Kier molecular flexibility index (Phi) is 10.0. The van der Waals surface area contributed by atoms with Crippen LogP contribution in [-0.2, 0) is 22.6 Å². The Morgan fingerprint density at radius 1 is 0.949 bits per heavy atom. The summed E-state index contributed by atoms with van der Waals surface area (Å²) in [5.74, 6) is 0.0408. The monoisotopic (exact) mass is 606 g/mol. The average molecular weight is 608 g/mol. The number of hydrogen-bond acceptors (Lipinski definition) is 3. The first-order chi connectivity index (χ1) is 18.9. The van der Waals surface area contributed by atoms with Crippen molar-refractivity contribution in [2.24, 2.45) is 0 Å². The highest BCUT2D eigenvalue weighted by Gasteiger charge is 2.31. The first-order valence-electron chi connectivity index (χ1n) is 13.0. The van der Waals surface area contributed by atoms with Crippen LogP contribution in [0.5, 0.6) is 5.75 Å². The summed E-state index contributed by atoms with van der Waals surface area (Å²) in [6, 6.07) is 28.0. The van der Waals surface area contributed by atoms with Gasteiger partial charge in [-0.05, 0) is 63.3 Å². The summed E-state index contributed by atoms with van der Waals surface area (Å²) in [6.07, 6.45) is 1.14. The molecule has 0 saturated carbocycles. The van der Waals surface area contributed by atoms with Crippen LogP contribution >= 0.6 is 27.5 Å². The van der Waals surface area contributed by atoms with Crippen LogP contribution < -0.4 is 10.1 Å². The number of nitrogens with one attached hydrogen (secondary N) is 1. The van der Waals surface area contributed by atoms with Crippen LogP contribution in [0.15, 0.2) is 95.5 Å². The highest BCUT2D eigenvalue weighted by atomic mass is 79.9. The first-order valence-corrected chi connectivity index (χ1v) is 14.2. The van der Waals surface area contributed by atoms with Gasteiger partial charge in [-0.25, -0.2) is 0 Å². The molecule has 5 nitrogen and oxygen atoms in total. The SMILES string of the molecule is CC[C@@H](C)NC(=O)[C@H](Cc1ccccc1)N(Cc1ccccc1Cl)C(=O)COc1ccc2ccccc2c1Br. The molecule has 0 unspecified atom stereocenters. The predicted octanol–water partition coefficient (Wildman–Crippen LogP) is 7.19. The van der Waals surface area contributed by atoms with Gasteiger partial charge in [0.1, 0.15) is 11.8 Å². The Hall–Kier alpha value is -3.35. The molecule has 0 aliphatic heterocycles. The number of carbonyl (C=O) groups is 2. The lowest BCUT2D eigenvalue weighted by Crippen LogP contribution is -2.53.